The maximum Gasteiger partial charge on any atom is 0.316 e. The highest BCUT2D eigenvalue weighted by molar-refractivity contribution is 6.21. The van der Waals surface area contributed by atoms with Crippen molar-refractivity contribution in [3.8, 4) is 0 Å². The molecule has 1 aromatic carbocycles. The van der Waals surface area contributed by atoms with Crippen LogP contribution in [-0.4, -0.2) is 34.2 Å². The summed E-state index contributed by atoms with van der Waals surface area (Å²) in [7, 11) is 0. The highest BCUT2D eigenvalue weighted by Gasteiger charge is 2.44. The highest BCUT2D eigenvalue weighted by Crippen LogP contribution is 2.40. The first-order valence-corrected chi connectivity index (χ1v) is 6.80. The minimum absolute atomic E-state index is 0.141. The van der Waals surface area contributed by atoms with Gasteiger partial charge in [0.2, 0.25) is 5.91 Å². The molecule has 0 spiro atoms. The van der Waals surface area contributed by atoms with E-state index in [-0.39, 0.29) is 11.7 Å². The molecule has 0 bridgehead atoms. The van der Waals surface area contributed by atoms with E-state index in [9.17, 15) is 19.7 Å². The second-order valence-electron chi connectivity index (χ2n) is 5.24. The Morgan fingerprint density at radius 3 is 2.62 bits per heavy atom. The van der Waals surface area contributed by atoms with Crippen LogP contribution in [0.1, 0.15) is 35.7 Å². The first kappa shape index (κ1) is 13.5. The Hall–Kier alpha value is -2.50. The molecule has 0 radical (unpaired) electrons. The summed E-state index contributed by atoms with van der Waals surface area (Å²) >= 11 is 0. The van der Waals surface area contributed by atoms with E-state index in [0.29, 0.717) is 41.7 Å². The van der Waals surface area contributed by atoms with Crippen LogP contribution in [-0.2, 0) is 4.79 Å². The molecular formula is C15H14N2O4. The molecule has 0 aromatic heterocycles. The van der Waals surface area contributed by atoms with E-state index in [1.54, 1.807) is 24.3 Å². The molecule has 6 heteroatoms. The molecule has 0 N–H and O–H groups in total. The van der Waals surface area contributed by atoms with Crippen molar-refractivity contribution in [1.29, 1.82) is 0 Å². The number of hydrogen-bond donors (Lipinski definition) is 0. The molecule has 3 rings (SSSR count). The van der Waals surface area contributed by atoms with Crippen LogP contribution in [0.2, 0.25) is 0 Å². The monoisotopic (exact) mass is 286 g/mol. The van der Waals surface area contributed by atoms with Crippen molar-refractivity contribution in [1.82, 2.24) is 4.90 Å². The quantitative estimate of drug-likeness (QED) is 0.583. The van der Waals surface area contributed by atoms with Gasteiger partial charge in [-0.15, -0.1) is 0 Å². The lowest BCUT2D eigenvalue weighted by atomic mass is 10.0. The molecule has 1 amide bonds. The van der Waals surface area contributed by atoms with Gasteiger partial charge in [0, 0.05) is 24.6 Å². The molecule has 6 nitrogen and oxygen atoms in total. The fourth-order valence-electron chi connectivity index (χ4n) is 3.16. The molecular weight excluding hydrogens is 272 g/mol. The summed E-state index contributed by atoms with van der Waals surface area (Å²) in [5, 5.41) is 11.5. The Morgan fingerprint density at radius 1 is 1.33 bits per heavy atom. The summed E-state index contributed by atoms with van der Waals surface area (Å²) in [6, 6.07) is 6.89. The summed E-state index contributed by atoms with van der Waals surface area (Å²) in [5.74, 6) is -0.486. The van der Waals surface area contributed by atoms with Crippen LogP contribution in [0.3, 0.4) is 0 Å². The summed E-state index contributed by atoms with van der Waals surface area (Å²) < 4.78 is 0. The van der Waals surface area contributed by atoms with Crippen LogP contribution in [0.25, 0.3) is 5.57 Å². The molecule has 108 valence electrons. The van der Waals surface area contributed by atoms with Gasteiger partial charge < -0.3 is 0 Å². The lowest BCUT2D eigenvalue weighted by Gasteiger charge is -2.24. The summed E-state index contributed by atoms with van der Waals surface area (Å²) in [6.45, 7) is 1.62. The van der Waals surface area contributed by atoms with E-state index in [2.05, 4.69) is 0 Å². The number of carbonyl (C=O) groups is 2. The normalized spacial score (nSPS) is 20.9. The zero-order chi connectivity index (χ0) is 15.1. The number of fused-ring (bicyclic) bond motifs is 2. The van der Waals surface area contributed by atoms with E-state index in [1.165, 1.54) is 11.8 Å². The van der Waals surface area contributed by atoms with Gasteiger partial charge in [0.1, 0.15) is 0 Å². The minimum Gasteiger partial charge on any atom is -0.289 e. The van der Waals surface area contributed by atoms with Crippen LogP contribution in [0.4, 0.5) is 0 Å². The van der Waals surface area contributed by atoms with Crippen molar-refractivity contribution in [3.63, 3.8) is 0 Å². The van der Waals surface area contributed by atoms with E-state index in [4.69, 9.17) is 0 Å². The molecule has 1 aromatic rings. The number of rotatable bonds is 1. The third kappa shape index (κ3) is 1.94. The Morgan fingerprint density at radius 2 is 2.00 bits per heavy atom. The number of amides is 1. The van der Waals surface area contributed by atoms with Gasteiger partial charge in [-0.2, -0.15) is 0 Å². The average molecular weight is 286 g/mol. The maximum atomic E-state index is 12.4. The average Bonchev–Trinajstić information content (AvgIpc) is 2.63. The van der Waals surface area contributed by atoms with Crippen molar-refractivity contribution in [2.45, 2.75) is 25.9 Å². The lowest BCUT2D eigenvalue weighted by Crippen LogP contribution is -2.44. The molecule has 0 saturated heterocycles. The number of benzene rings is 1. The van der Waals surface area contributed by atoms with Crippen molar-refractivity contribution in [3.05, 3.63) is 51.1 Å². The Kier molecular flexibility index (Phi) is 3.08. The van der Waals surface area contributed by atoms with Gasteiger partial charge in [-0.1, -0.05) is 24.3 Å². The van der Waals surface area contributed by atoms with Crippen molar-refractivity contribution < 1.29 is 14.5 Å². The van der Waals surface area contributed by atoms with Gasteiger partial charge in [0.15, 0.2) is 5.78 Å². The molecule has 1 aliphatic carbocycles. The predicted molar refractivity (Wildman–Crippen MR) is 75.1 cm³/mol. The summed E-state index contributed by atoms with van der Waals surface area (Å²) in [4.78, 5) is 36.5. The number of carbonyl (C=O) groups excluding carboxylic acids is 2. The SMILES string of the molecule is CC(=O)N1CCCC2=C(c3ccccc3C2=O)C1[N+](=O)[O-]. The molecule has 21 heavy (non-hydrogen) atoms. The number of hydrogen-bond acceptors (Lipinski definition) is 4. The third-order valence-corrected chi connectivity index (χ3v) is 4.04. The topological polar surface area (TPSA) is 80.5 Å². The number of Topliss-reactive ketones (excluding diaryl/α,β-unsaturated/α-hetero) is 1. The van der Waals surface area contributed by atoms with Crippen LogP contribution in [0, 0.1) is 10.1 Å². The zero-order valence-electron chi connectivity index (χ0n) is 11.5. The highest BCUT2D eigenvalue weighted by atomic mass is 16.6. The first-order chi connectivity index (χ1) is 10.0. The van der Waals surface area contributed by atoms with Gasteiger partial charge in [0.25, 0.3) is 0 Å². The van der Waals surface area contributed by atoms with Gasteiger partial charge >= 0.3 is 6.17 Å². The van der Waals surface area contributed by atoms with Gasteiger partial charge in [-0.25, -0.2) is 0 Å². The van der Waals surface area contributed by atoms with Crippen LogP contribution in [0.15, 0.2) is 29.8 Å². The molecule has 1 heterocycles. The molecule has 1 atom stereocenters. The van der Waals surface area contributed by atoms with E-state index >= 15 is 0 Å². The van der Waals surface area contributed by atoms with Gasteiger partial charge in [-0.05, 0) is 18.4 Å². The van der Waals surface area contributed by atoms with Crippen LogP contribution < -0.4 is 0 Å². The van der Waals surface area contributed by atoms with Crippen LogP contribution >= 0.6 is 0 Å². The fraction of sp³-hybridized carbons (Fsp3) is 0.333. The van der Waals surface area contributed by atoms with Crippen molar-refractivity contribution in [2.75, 3.05) is 6.54 Å². The Labute approximate surface area is 121 Å². The Bertz CT molecular complexity index is 693. The Balaban J connectivity index is 2.22. The molecule has 0 fully saturated rings. The second kappa shape index (κ2) is 4.80. The smallest absolute Gasteiger partial charge is 0.289 e. The maximum absolute atomic E-state index is 12.4. The number of allylic oxidation sites excluding steroid dienone is 1. The largest absolute Gasteiger partial charge is 0.316 e. The van der Waals surface area contributed by atoms with E-state index in [0.717, 1.165) is 0 Å². The zero-order valence-corrected chi connectivity index (χ0v) is 11.5. The van der Waals surface area contributed by atoms with Crippen molar-refractivity contribution in [2.24, 2.45) is 0 Å². The van der Waals surface area contributed by atoms with Gasteiger partial charge in [-0.3, -0.25) is 24.6 Å². The molecule has 1 unspecified atom stereocenters. The third-order valence-electron chi connectivity index (χ3n) is 4.04. The van der Waals surface area contributed by atoms with Crippen molar-refractivity contribution >= 4 is 17.3 Å². The minimum atomic E-state index is -1.27. The second-order valence-corrected chi connectivity index (χ2v) is 5.24. The molecule has 0 saturated carbocycles. The predicted octanol–water partition coefficient (Wildman–Crippen LogP) is 1.88. The van der Waals surface area contributed by atoms with E-state index in [1.807, 2.05) is 0 Å². The first-order valence-electron chi connectivity index (χ1n) is 6.80. The fourth-order valence-corrected chi connectivity index (χ4v) is 3.16. The number of ketones is 1. The van der Waals surface area contributed by atoms with Gasteiger partial charge in [0.05, 0.1) is 10.5 Å². The lowest BCUT2D eigenvalue weighted by molar-refractivity contribution is -0.528. The summed E-state index contributed by atoms with van der Waals surface area (Å²) in [6.07, 6.45) is -0.244. The molecule has 1 aliphatic heterocycles. The number of nitrogens with zero attached hydrogens (tertiary/aromatic N) is 2. The summed E-state index contributed by atoms with van der Waals surface area (Å²) in [5.41, 5.74) is 1.97. The standard InChI is InChI=1S/C15H14N2O4/c1-9(18)16-8-4-7-12-13(15(16)17(20)21)10-5-2-3-6-11(10)14(12)19/h2-3,5-6,15H,4,7-8H2,1H3. The molecule has 2 aliphatic rings. The van der Waals surface area contributed by atoms with Crippen LogP contribution in [0.5, 0.6) is 0 Å². The van der Waals surface area contributed by atoms with E-state index < -0.39 is 11.1 Å². The number of nitro groups is 1.